The van der Waals surface area contributed by atoms with Crippen molar-refractivity contribution in [2.24, 2.45) is 5.73 Å². The third-order valence-electron chi connectivity index (χ3n) is 12.4. The van der Waals surface area contributed by atoms with Crippen LogP contribution in [0.1, 0.15) is 284 Å². The van der Waals surface area contributed by atoms with E-state index in [0.717, 1.165) is 38.5 Å². The number of aliphatic carboxylic acids is 1. The molecule has 0 aliphatic heterocycles. The maximum atomic E-state index is 12.7. The minimum Gasteiger partial charge on any atom is -0.480 e. The van der Waals surface area contributed by atoms with Gasteiger partial charge in [-0.15, -0.1) is 0 Å². The highest BCUT2D eigenvalue weighted by molar-refractivity contribution is 7.47. The number of hydrogen-bond acceptors (Lipinski definition) is 8. The molecule has 0 radical (unpaired) electrons. The molecule has 11 heteroatoms. The number of hydrogen-bond donors (Lipinski definition) is 3. The van der Waals surface area contributed by atoms with Crippen LogP contribution in [-0.2, 0) is 32.7 Å². The summed E-state index contributed by atoms with van der Waals surface area (Å²) in [6.45, 7) is 3.97. The fraction of sp³-hybridized carbons (Fsp3) is 0.962. The Hall–Kier alpha value is -1.03. The van der Waals surface area contributed by atoms with Crippen LogP contribution < -0.4 is 5.73 Å². The first kappa shape index (κ1) is 62.0. The number of carbonyl (C=O) groups is 2. The Morgan fingerprint density at radius 3 is 1.05 bits per heavy atom. The van der Waals surface area contributed by atoms with Crippen molar-refractivity contribution in [2.45, 2.75) is 296 Å². The molecule has 0 spiro atoms. The molecule has 3 unspecified atom stereocenters. The molecule has 0 aromatic rings. The smallest absolute Gasteiger partial charge is 0.472 e. The van der Waals surface area contributed by atoms with E-state index in [1.54, 1.807) is 0 Å². The lowest BCUT2D eigenvalue weighted by Gasteiger charge is -2.20. The van der Waals surface area contributed by atoms with Crippen molar-refractivity contribution in [1.82, 2.24) is 0 Å². The average Bonchev–Trinajstić information content (AvgIpc) is 3.26. The molecule has 63 heavy (non-hydrogen) atoms. The van der Waals surface area contributed by atoms with E-state index in [1.165, 1.54) is 225 Å². The molecule has 0 saturated carbocycles. The van der Waals surface area contributed by atoms with Gasteiger partial charge in [-0.1, -0.05) is 264 Å². The van der Waals surface area contributed by atoms with E-state index in [9.17, 15) is 19.0 Å². The monoisotopic (exact) mass is 918 g/mol. The maximum Gasteiger partial charge on any atom is 0.472 e. The molecule has 0 bridgehead atoms. The number of phosphoric ester groups is 1. The summed E-state index contributed by atoms with van der Waals surface area (Å²) in [5, 5.41) is 8.94. The second kappa shape index (κ2) is 48.9. The van der Waals surface area contributed by atoms with Crippen LogP contribution in [0.2, 0.25) is 0 Å². The summed E-state index contributed by atoms with van der Waals surface area (Å²) < 4.78 is 33.6. The molecular formula is C52H104NO9P. The second-order valence-electron chi connectivity index (χ2n) is 18.7. The Kier molecular flexibility index (Phi) is 48.1. The van der Waals surface area contributed by atoms with Crippen LogP contribution in [0.25, 0.3) is 0 Å². The predicted octanol–water partition coefficient (Wildman–Crippen LogP) is 15.9. The summed E-state index contributed by atoms with van der Waals surface area (Å²) >= 11 is 0. The standard InChI is InChI=1S/C52H104NO9P/c1-3-5-7-9-11-13-15-17-19-21-23-24-25-26-28-30-32-34-36-38-40-42-44-51(54)62-49(47-60-63(57,58)61-48-50(53)52(55)56)46-59-45-43-41-39-37-35-33-31-29-27-22-20-18-16-14-12-10-8-6-4-2/h49-50H,3-48,53H2,1-2H3,(H,55,56)(H,57,58). The minimum atomic E-state index is -4.61. The van der Waals surface area contributed by atoms with E-state index < -0.39 is 45.1 Å². The van der Waals surface area contributed by atoms with Crippen LogP contribution in [0.5, 0.6) is 0 Å². The van der Waals surface area contributed by atoms with Gasteiger partial charge in [-0.2, -0.15) is 0 Å². The Labute approximate surface area is 389 Å². The molecule has 0 rings (SSSR count). The summed E-state index contributed by atoms with van der Waals surface area (Å²) in [6.07, 6.45) is 53.1. The minimum absolute atomic E-state index is 0.0266. The Balaban J connectivity index is 4.04. The summed E-state index contributed by atoms with van der Waals surface area (Å²) in [5.41, 5.74) is 5.38. The van der Waals surface area contributed by atoms with E-state index in [1.807, 2.05) is 0 Å². The summed E-state index contributed by atoms with van der Waals surface area (Å²) in [4.78, 5) is 33.7. The van der Waals surface area contributed by atoms with Gasteiger partial charge < -0.3 is 25.2 Å². The molecule has 3 atom stereocenters. The zero-order valence-electron chi connectivity index (χ0n) is 41.5. The number of nitrogens with two attached hydrogens (primary N) is 1. The van der Waals surface area contributed by atoms with Crippen molar-refractivity contribution >= 4 is 19.8 Å². The van der Waals surface area contributed by atoms with Crippen LogP contribution in [0.15, 0.2) is 0 Å². The van der Waals surface area contributed by atoms with Gasteiger partial charge in [0.25, 0.3) is 0 Å². The largest absolute Gasteiger partial charge is 0.480 e. The Morgan fingerprint density at radius 1 is 0.444 bits per heavy atom. The van der Waals surface area contributed by atoms with E-state index >= 15 is 0 Å². The van der Waals surface area contributed by atoms with Crippen LogP contribution >= 0.6 is 7.82 Å². The quantitative estimate of drug-likeness (QED) is 0.0305. The van der Waals surface area contributed by atoms with Gasteiger partial charge in [-0.05, 0) is 12.8 Å². The second-order valence-corrected chi connectivity index (χ2v) is 20.2. The molecule has 0 aliphatic carbocycles. The number of carboxylic acid groups (broad SMARTS) is 1. The van der Waals surface area contributed by atoms with Gasteiger partial charge in [0.2, 0.25) is 0 Å². The molecule has 0 aliphatic rings. The lowest BCUT2D eigenvalue weighted by atomic mass is 10.0. The first-order valence-electron chi connectivity index (χ1n) is 27.1. The Morgan fingerprint density at radius 2 is 0.730 bits per heavy atom. The lowest BCUT2D eigenvalue weighted by molar-refractivity contribution is -0.154. The lowest BCUT2D eigenvalue weighted by Crippen LogP contribution is -2.34. The van der Waals surface area contributed by atoms with Crippen LogP contribution in [0, 0.1) is 0 Å². The molecule has 10 nitrogen and oxygen atoms in total. The average molecular weight is 918 g/mol. The maximum absolute atomic E-state index is 12.7. The first-order chi connectivity index (χ1) is 30.7. The molecule has 0 saturated heterocycles. The van der Waals surface area contributed by atoms with Crippen molar-refractivity contribution in [3.63, 3.8) is 0 Å². The highest BCUT2D eigenvalue weighted by Gasteiger charge is 2.27. The van der Waals surface area contributed by atoms with Gasteiger partial charge in [0.1, 0.15) is 12.1 Å². The molecule has 0 aromatic carbocycles. The van der Waals surface area contributed by atoms with Gasteiger partial charge in [0.15, 0.2) is 0 Å². The molecule has 0 fully saturated rings. The molecule has 0 heterocycles. The number of carbonyl (C=O) groups excluding carboxylic acids is 1. The third-order valence-corrected chi connectivity index (χ3v) is 13.3. The van der Waals surface area contributed by atoms with Gasteiger partial charge in [-0.3, -0.25) is 18.6 Å². The van der Waals surface area contributed by atoms with Crippen molar-refractivity contribution in [2.75, 3.05) is 26.4 Å². The van der Waals surface area contributed by atoms with Crippen LogP contribution in [0.3, 0.4) is 0 Å². The van der Waals surface area contributed by atoms with Gasteiger partial charge in [0.05, 0.1) is 19.8 Å². The number of rotatable bonds is 53. The Bertz CT molecular complexity index is 1020. The SMILES string of the molecule is CCCCCCCCCCCCCCCCCCCCCCCCC(=O)OC(COCCCCCCCCCCCCCCCCCCCCC)COP(=O)(O)OCC(N)C(=O)O. The number of ether oxygens (including phenoxy) is 2. The zero-order chi connectivity index (χ0) is 46.2. The fourth-order valence-electron chi connectivity index (χ4n) is 8.20. The van der Waals surface area contributed by atoms with Crippen molar-refractivity contribution in [3.8, 4) is 0 Å². The molecule has 0 aromatic heterocycles. The van der Waals surface area contributed by atoms with Gasteiger partial charge in [0, 0.05) is 13.0 Å². The van der Waals surface area contributed by atoms with Crippen molar-refractivity contribution < 1.29 is 42.7 Å². The molecule has 376 valence electrons. The molecule has 0 amide bonds. The summed E-state index contributed by atoms with van der Waals surface area (Å²) in [7, 11) is -4.61. The first-order valence-corrected chi connectivity index (χ1v) is 28.6. The van der Waals surface area contributed by atoms with Gasteiger partial charge in [-0.25, -0.2) is 4.57 Å². The number of carboxylic acids is 1. The van der Waals surface area contributed by atoms with Crippen molar-refractivity contribution in [1.29, 1.82) is 0 Å². The van der Waals surface area contributed by atoms with E-state index in [0.29, 0.717) is 6.61 Å². The zero-order valence-corrected chi connectivity index (χ0v) is 42.4. The predicted molar refractivity (Wildman–Crippen MR) is 263 cm³/mol. The van der Waals surface area contributed by atoms with Gasteiger partial charge >= 0.3 is 19.8 Å². The highest BCUT2D eigenvalue weighted by atomic mass is 31.2. The number of esters is 1. The third kappa shape index (κ3) is 48.7. The number of unbranched alkanes of at least 4 members (excludes halogenated alkanes) is 39. The topological polar surface area (TPSA) is 155 Å². The normalized spacial score (nSPS) is 13.6. The summed E-state index contributed by atoms with van der Waals surface area (Å²) in [6, 6.07) is -1.47. The van der Waals surface area contributed by atoms with E-state index in [4.69, 9.17) is 29.4 Å². The molecular weight excluding hydrogens is 814 g/mol. The summed E-state index contributed by atoms with van der Waals surface area (Å²) in [5.74, 6) is -1.76. The van der Waals surface area contributed by atoms with Crippen LogP contribution in [-0.4, -0.2) is 60.5 Å². The number of phosphoric acid groups is 1. The van der Waals surface area contributed by atoms with E-state index in [-0.39, 0.29) is 13.0 Å². The van der Waals surface area contributed by atoms with Crippen LogP contribution in [0.4, 0.5) is 0 Å². The molecule has 4 N–H and O–H groups in total. The fourth-order valence-corrected chi connectivity index (χ4v) is 8.97. The van der Waals surface area contributed by atoms with Crippen molar-refractivity contribution in [3.05, 3.63) is 0 Å². The van der Waals surface area contributed by atoms with E-state index in [2.05, 4.69) is 13.8 Å². The highest BCUT2D eigenvalue weighted by Crippen LogP contribution is 2.43.